The minimum Gasteiger partial charge on any atom is -0.439 e. The van der Waals surface area contributed by atoms with Gasteiger partial charge >= 0.3 is 0 Å². The summed E-state index contributed by atoms with van der Waals surface area (Å²) < 4.78 is 32.2. The van der Waals surface area contributed by atoms with Gasteiger partial charge in [0, 0.05) is 18.2 Å². The van der Waals surface area contributed by atoms with Crippen molar-refractivity contribution in [3.05, 3.63) is 76.7 Å². The molecule has 0 aliphatic carbocycles. The van der Waals surface area contributed by atoms with Crippen LogP contribution in [0.1, 0.15) is 29.3 Å². The minimum absolute atomic E-state index is 0.335. The van der Waals surface area contributed by atoms with Crippen LogP contribution in [0.4, 0.5) is 4.39 Å². The van der Waals surface area contributed by atoms with Crippen LogP contribution < -0.4 is 10.6 Å². The van der Waals surface area contributed by atoms with Crippen molar-refractivity contribution in [2.24, 2.45) is 12.9 Å². The summed E-state index contributed by atoms with van der Waals surface area (Å²) in [5.74, 6) is 5.91. The Morgan fingerprint density at radius 3 is 2.39 bits per heavy atom. The Labute approximate surface area is 179 Å². The average molecular weight is 425 g/mol. The van der Waals surface area contributed by atoms with E-state index in [1.165, 1.54) is 12.1 Å². The molecule has 8 heteroatoms. The molecule has 1 fully saturated rings. The lowest BCUT2D eigenvalue weighted by atomic mass is 10.0. The Morgan fingerprint density at radius 2 is 1.77 bits per heavy atom. The van der Waals surface area contributed by atoms with Crippen LogP contribution in [-0.4, -0.2) is 23.0 Å². The summed E-state index contributed by atoms with van der Waals surface area (Å²) in [6, 6.07) is 13.4. The molecule has 0 amide bonds. The molecule has 2 N–H and O–H groups in total. The van der Waals surface area contributed by atoms with Crippen molar-refractivity contribution in [1.82, 2.24) is 9.78 Å². The van der Waals surface area contributed by atoms with E-state index >= 15 is 0 Å². The third kappa shape index (κ3) is 4.32. The molecule has 31 heavy (non-hydrogen) atoms. The molecule has 0 unspecified atom stereocenters. The number of halogens is 1. The quantitative estimate of drug-likeness (QED) is 0.469. The zero-order valence-electron chi connectivity index (χ0n) is 17.6. The van der Waals surface area contributed by atoms with Crippen molar-refractivity contribution in [1.29, 1.82) is 0 Å². The summed E-state index contributed by atoms with van der Waals surface area (Å²) in [4.78, 5) is 5.17. The molecule has 3 aromatic rings. The number of aryl methyl sites for hydroxylation is 2. The van der Waals surface area contributed by atoms with Gasteiger partial charge < -0.3 is 19.0 Å². The Kier molecular flexibility index (Phi) is 5.77. The first-order valence-corrected chi connectivity index (χ1v) is 9.84. The van der Waals surface area contributed by atoms with Crippen LogP contribution in [0.3, 0.4) is 0 Å². The van der Waals surface area contributed by atoms with Gasteiger partial charge in [-0.3, -0.25) is 0 Å². The van der Waals surface area contributed by atoms with Gasteiger partial charge in [-0.25, -0.2) is 9.07 Å². The standard InChI is InChI=1S/C23H24FN3O4/c1-15-20(22(27(3)26-15)30-19-10-8-18(24)9-11-19)14-21(31-25)16-4-6-17(7-5-16)23(2)28-12-13-29-23/h4-11,14H,12-13,25H2,1-3H3. The van der Waals surface area contributed by atoms with Gasteiger partial charge in [0.2, 0.25) is 5.88 Å². The van der Waals surface area contributed by atoms with Crippen molar-refractivity contribution in [2.45, 2.75) is 19.6 Å². The summed E-state index contributed by atoms with van der Waals surface area (Å²) in [5.41, 5.74) is 3.10. The second-order valence-electron chi connectivity index (χ2n) is 7.33. The van der Waals surface area contributed by atoms with Crippen LogP contribution in [0, 0.1) is 12.7 Å². The lowest BCUT2D eigenvalue weighted by Gasteiger charge is -2.22. The monoisotopic (exact) mass is 425 g/mol. The van der Waals surface area contributed by atoms with Gasteiger partial charge in [-0.05, 0) is 44.2 Å². The number of hydrogen-bond acceptors (Lipinski definition) is 6. The Morgan fingerprint density at radius 1 is 1.13 bits per heavy atom. The molecule has 0 bridgehead atoms. The molecular weight excluding hydrogens is 401 g/mol. The van der Waals surface area contributed by atoms with E-state index in [0.29, 0.717) is 36.2 Å². The first-order valence-electron chi connectivity index (χ1n) is 9.84. The molecule has 162 valence electrons. The summed E-state index contributed by atoms with van der Waals surface area (Å²) in [5, 5.41) is 4.42. The fourth-order valence-electron chi connectivity index (χ4n) is 3.49. The summed E-state index contributed by atoms with van der Waals surface area (Å²) >= 11 is 0. The van der Waals surface area contributed by atoms with Crippen LogP contribution in [0.25, 0.3) is 11.8 Å². The predicted octanol–water partition coefficient (Wildman–Crippen LogP) is 4.27. The molecule has 0 spiro atoms. The van der Waals surface area contributed by atoms with Gasteiger partial charge in [-0.1, -0.05) is 24.3 Å². The Hall–Kier alpha value is -3.20. The normalized spacial score (nSPS) is 15.8. The van der Waals surface area contributed by atoms with E-state index in [0.717, 1.165) is 16.8 Å². The smallest absolute Gasteiger partial charge is 0.225 e. The Bertz CT molecular complexity index is 1090. The number of nitrogens with zero attached hydrogens (tertiary/aromatic N) is 2. The topological polar surface area (TPSA) is 80.8 Å². The van der Waals surface area contributed by atoms with E-state index in [9.17, 15) is 4.39 Å². The highest BCUT2D eigenvalue weighted by atomic mass is 19.1. The van der Waals surface area contributed by atoms with E-state index in [-0.39, 0.29) is 5.82 Å². The first kappa shape index (κ1) is 21.0. The zero-order chi connectivity index (χ0) is 22.0. The predicted molar refractivity (Wildman–Crippen MR) is 113 cm³/mol. The van der Waals surface area contributed by atoms with Gasteiger partial charge in [0.05, 0.1) is 24.5 Å². The molecule has 0 saturated carbocycles. The maximum atomic E-state index is 13.2. The molecule has 1 aliphatic rings. The minimum atomic E-state index is -0.748. The van der Waals surface area contributed by atoms with Crippen molar-refractivity contribution < 1.29 is 23.4 Å². The van der Waals surface area contributed by atoms with Crippen molar-refractivity contribution in [2.75, 3.05) is 13.2 Å². The van der Waals surface area contributed by atoms with Gasteiger partial charge in [0.15, 0.2) is 11.5 Å². The molecule has 2 heterocycles. The first-order chi connectivity index (χ1) is 14.9. The zero-order valence-corrected chi connectivity index (χ0v) is 17.6. The number of benzene rings is 2. The number of ether oxygens (including phenoxy) is 3. The molecule has 0 atom stereocenters. The third-order valence-electron chi connectivity index (χ3n) is 5.18. The maximum Gasteiger partial charge on any atom is 0.225 e. The van der Waals surface area contributed by atoms with Gasteiger partial charge in [0.25, 0.3) is 0 Å². The van der Waals surface area contributed by atoms with Gasteiger partial charge in [-0.2, -0.15) is 11.0 Å². The summed E-state index contributed by atoms with van der Waals surface area (Å²) in [7, 11) is 1.77. The second-order valence-corrected chi connectivity index (χ2v) is 7.33. The summed E-state index contributed by atoms with van der Waals surface area (Å²) in [6.07, 6.45) is 1.76. The van der Waals surface area contributed by atoms with Crippen molar-refractivity contribution in [3.63, 3.8) is 0 Å². The SMILES string of the molecule is Cc1nn(C)c(Oc2ccc(F)cc2)c1C=C(ON)c1ccc(C2(C)OCCO2)cc1. The van der Waals surface area contributed by atoms with Crippen molar-refractivity contribution >= 4 is 11.8 Å². The Balaban J connectivity index is 1.65. The number of rotatable bonds is 6. The van der Waals surface area contributed by atoms with Crippen LogP contribution in [0.5, 0.6) is 11.6 Å². The molecule has 7 nitrogen and oxygen atoms in total. The molecule has 1 aromatic heterocycles. The van der Waals surface area contributed by atoms with E-state index in [4.69, 9.17) is 24.9 Å². The number of aromatic nitrogens is 2. The number of hydrogen-bond donors (Lipinski definition) is 1. The van der Waals surface area contributed by atoms with Crippen molar-refractivity contribution in [3.8, 4) is 11.6 Å². The lowest BCUT2D eigenvalue weighted by molar-refractivity contribution is -0.149. The molecule has 1 saturated heterocycles. The van der Waals surface area contributed by atoms with E-state index in [2.05, 4.69) is 5.10 Å². The lowest BCUT2D eigenvalue weighted by Crippen LogP contribution is -2.22. The molecule has 1 aliphatic heterocycles. The largest absolute Gasteiger partial charge is 0.439 e. The van der Waals surface area contributed by atoms with Crippen LogP contribution in [0.2, 0.25) is 0 Å². The molecule has 0 radical (unpaired) electrons. The van der Waals surface area contributed by atoms with Crippen LogP contribution in [0.15, 0.2) is 48.5 Å². The fraction of sp³-hybridized carbons (Fsp3) is 0.261. The van der Waals surface area contributed by atoms with E-state index in [1.807, 2.05) is 38.1 Å². The van der Waals surface area contributed by atoms with Gasteiger partial charge in [0.1, 0.15) is 11.6 Å². The second kappa shape index (κ2) is 8.50. The molecular formula is C23H24FN3O4. The molecule has 4 rings (SSSR count). The summed E-state index contributed by atoms with van der Waals surface area (Å²) in [6.45, 7) is 4.87. The average Bonchev–Trinajstić information content (AvgIpc) is 3.32. The van der Waals surface area contributed by atoms with E-state index in [1.54, 1.807) is 29.9 Å². The van der Waals surface area contributed by atoms with E-state index < -0.39 is 5.79 Å². The highest BCUT2D eigenvalue weighted by molar-refractivity contribution is 5.79. The maximum absolute atomic E-state index is 13.2. The number of nitrogens with two attached hydrogens (primary N) is 1. The van der Waals surface area contributed by atoms with Gasteiger partial charge in [-0.15, -0.1) is 0 Å². The fourth-order valence-corrected chi connectivity index (χ4v) is 3.49. The van der Waals surface area contributed by atoms with Crippen LogP contribution >= 0.6 is 0 Å². The van der Waals surface area contributed by atoms with Crippen LogP contribution in [-0.2, 0) is 27.1 Å². The highest BCUT2D eigenvalue weighted by Crippen LogP contribution is 2.33. The third-order valence-corrected chi connectivity index (χ3v) is 5.18. The molecule has 2 aromatic carbocycles. The highest BCUT2D eigenvalue weighted by Gasteiger charge is 2.33.